The van der Waals surface area contributed by atoms with Gasteiger partial charge in [-0.15, -0.1) is 12.4 Å². The van der Waals surface area contributed by atoms with Gasteiger partial charge in [-0.3, -0.25) is 4.79 Å². The molecule has 9 heteroatoms. The summed E-state index contributed by atoms with van der Waals surface area (Å²) >= 11 is 0. The Kier molecular flexibility index (Phi) is 9.14. The van der Waals surface area contributed by atoms with Gasteiger partial charge in [0.25, 0.3) is 0 Å². The molecule has 21 heavy (non-hydrogen) atoms. The second-order valence-corrected chi connectivity index (χ2v) is 5.84. The lowest BCUT2D eigenvalue weighted by Gasteiger charge is -2.08. The Bertz CT molecular complexity index is 551. The molecular formula is C12H20ClN3O4S. The molecule has 1 aromatic rings. The van der Waals surface area contributed by atoms with Crippen LogP contribution in [0.2, 0.25) is 0 Å². The third-order valence-corrected chi connectivity index (χ3v) is 3.88. The Labute approximate surface area is 130 Å². The van der Waals surface area contributed by atoms with E-state index >= 15 is 0 Å². The van der Waals surface area contributed by atoms with Gasteiger partial charge < -0.3 is 15.4 Å². The molecule has 0 unspecified atom stereocenters. The number of hydrogen-bond acceptors (Lipinski definition) is 5. The number of carbonyl (C=O) groups excluding carboxylic acids is 1. The van der Waals surface area contributed by atoms with Crippen molar-refractivity contribution in [3.63, 3.8) is 0 Å². The van der Waals surface area contributed by atoms with Crippen molar-refractivity contribution >= 4 is 34.0 Å². The summed E-state index contributed by atoms with van der Waals surface area (Å²) in [6, 6.07) is 6.05. The molecule has 0 fully saturated rings. The number of nitrogens with one attached hydrogen (secondary N) is 3. The topological polar surface area (TPSA) is 96.5 Å². The van der Waals surface area contributed by atoms with E-state index in [0.717, 1.165) is 0 Å². The summed E-state index contributed by atoms with van der Waals surface area (Å²) in [5.74, 6) is -0.250. The van der Waals surface area contributed by atoms with Crippen molar-refractivity contribution in [2.75, 3.05) is 39.2 Å². The first kappa shape index (κ1) is 19.8. The molecule has 0 spiro atoms. The highest BCUT2D eigenvalue weighted by Crippen LogP contribution is 2.14. The molecule has 1 aromatic carbocycles. The zero-order valence-electron chi connectivity index (χ0n) is 11.9. The van der Waals surface area contributed by atoms with Crippen LogP contribution in [0.15, 0.2) is 29.2 Å². The maximum Gasteiger partial charge on any atom is 0.240 e. The lowest BCUT2D eigenvalue weighted by atomic mass is 10.3. The monoisotopic (exact) mass is 337 g/mol. The number of methoxy groups -OCH3 is 1. The van der Waals surface area contributed by atoms with Gasteiger partial charge in [0.15, 0.2) is 0 Å². The Hall–Kier alpha value is -1.19. The van der Waals surface area contributed by atoms with Crippen LogP contribution in [0.4, 0.5) is 5.69 Å². The number of amides is 1. The van der Waals surface area contributed by atoms with Crippen molar-refractivity contribution < 1.29 is 17.9 Å². The number of benzene rings is 1. The fourth-order valence-corrected chi connectivity index (χ4v) is 2.22. The Morgan fingerprint density at radius 1 is 1.33 bits per heavy atom. The van der Waals surface area contributed by atoms with Gasteiger partial charge in [-0.05, 0) is 25.2 Å². The number of rotatable bonds is 8. The van der Waals surface area contributed by atoms with E-state index in [9.17, 15) is 13.2 Å². The minimum absolute atomic E-state index is 0. The van der Waals surface area contributed by atoms with E-state index < -0.39 is 10.0 Å². The van der Waals surface area contributed by atoms with Crippen molar-refractivity contribution in [1.29, 1.82) is 0 Å². The average molecular weight is 338 g/mol. The molecule has 1 rings (SSSR count). The van der Waals surface area contributed by atoms with Gasteiger partial charge in [-0.25, -0.2) is 13.1 Å². The Morgan fingerprint density at radius 3 is 2.67 bits per heavy atom. The lowest BCUT2D eigenvalue weighted by Crippen LogP contribution is -2.30. The van der Waals surface area contributed by atoms with E-state index in [4.69, 9.17) is 4.74 Å². The predicted octanol–water partition coefficient (Wildman–Crippen LogP) is 0.191. The van der Waals surface area contributed by atoms with Gasteiger partial charge in [-0.1, -0.05) is 6.07 Å². The summed E-state index contributed by atoms with van der Waals surface area (Å²) in [5.41, 5.74) is 0.430. The van der Waals surface area contributed by atoms with Crippen LogP contribution in [0.3, 0.4) is 0 Å². The van der Waals surface area contributed by atoms with Gasteiger partial charge >= 0.3 is 0 Å². The van der Waals surface area contributed by atoms with Crippen molar-refractivity contribution in [2.45, 2.75) is 4.90 Å². The summed E-state index contributed by atoms with van der Waals surface area (Å²) in [5, 5.41) is 5.52. The molecule has 0 atom stereocenters. The first-order valence-electron chi connectivity index (χ1n) is 6.02. The molecule has 0 aromatic heterocycles. The fourth-order valence-electron chi connectivity index (χ4n) is 1.44. The van der Waals surface area contributed by atoms with Gasteiger partial charge in [0.2, 0.25) is 15.9 Å². The molecule has 7 nitrogen and oxygen atoms in total. The Morgan fingerprint density at radius 2 is 2.05 bits per heavy atom. The van der Waals surface area contributed by atoms with Crippen LogP contribution >= 0.6 is 12.4 Å². The van der Waals surface area contributed by atoms with Gasteiger partial charge in [-0.2, -0.15) is 0 Å². The summed E-state index contributed by atoms with van der Waals surface area (Å²) in [6.07, 6.45) is 0. The molecule has 0 saturated heterocycles. The number of carbonyl (C=O) groups is 1. The van der Waals surface area contributed by atoms with Gasteiger partial charge in [0, 0.05) is 19.3 Å². The number of sulfonamides is 1. The van der Waals surface area contributed by atoms with Crippen LogP contribution < -0.4 is 15.4 Å². The molecule has 0 aliphatic heterocycles. The maximum absolute atomic E-state index is 11.6. The fraction of sp³-hybridized carbons (Fsp3) is 0.417. The number of ether oxygens (including phenoxy) is 1. The van der Waals surface area contributed by atoms with Crippen LogP contribution in [0.1, 0.15) is 0 Å². The van der Waals surface area contributed by atoms with E-state index in [-0.39, 0.29) is 29.8 Å². The highest BCUT2D eigenvalue weighted by Gasteiger charge is 2.12. The molecule has 0 radical (unpaired) electrons. The molecule has 0 heterocycles. The minimum Gasteiger partial charge on any atom is -0.383 e. The van der Waals surface area contributed by atoms with Crippen LogP contribution in [0, 0.1) is 0 Å². The molecule has 1 amide bonds. The first-order valence-corrected chi connectivity index (χ1v) is 7.51. The summed E-state index contributed by atoms with van der Waals surface area (Å²) < 4.78 is 30.3. The maximum atomic E-state index is 11.6. The SMILES string of the molecule is CNS(=O)(=O)c1cccc(NC(=O)CNCCOC)c1.Cl. The number of hydrogen-bond donors (Lipinski definition) is 3. The van der Waals surface area contributed by atoms with Crippen LogP contribution in [0.5, 0.6) is 0 Å². The van der Waals surface area contributed by atoms with E-state index in [1.54, 1.807) is 19.2 Å². The minimum atomic E-state index is -3.51. The normalized spacial score (nSPS) is 10.8. The summed E-state index contributed by atoms with van der Waals surface area (Å²) in [6.45, 7) is 1.22. The molecule has 3 N–H and O–H groups in total. The molecular weight excluding hydrogens is 318 g/mol. The number of anilines is 1. The van der Waals surface area contributed by atoms with Gasteiger partial charge in [0.05, 0.1) is 18.0 Å². The zero-order valence-corrected chi connectivity index (χ0v) is 13.5. The second kappa shape index (κ2) is 9.69. The van der Waals surface area contributed by atoms with E-state index in [1.807, 2.05) is 0 Å². The van der Waals surface area contributed by atoms with Crippen LogP contribution in [0.25, 0.3) is 0 Å². The quantitative estimate of drug-likeness (QED) is 0.588. The smallest absolute Gasteiger partial charge is 0.240 e. The van der Waals surface area contributed by atoms with Crippen molar-refractivity contribution in [1.82, 2.24) is 10.0 Å². The largest absolute Gasteiger partial charge is 0.383 e. The Balaban J connectivity index is 0.00000400. The van der Waals surface area contributed by atoms with Crippen LogP contribution in [-0.2, 0) is 19.6 Å². The highest BCUT2D eigenvalue weighted by atomic mass is 35.5. The lowest BCUT2D eigenvalue weighted by molar-refractivity contribution is -0.115. The standard InChI is InChI=1S/C12H19N3O4S.ClH/c1-13-20(17,18)11-5-3-4-10(8-11)15-12(16)9-14-6-7-19-2;/h3-5,8,13-14H,6-7,9H2,1-2H3,(H,15,16);1H. The first-order chi connectivity index (χ1) is 9.49. The summed E-state index contributed by atoms with van der Waals surface area (Å²) in [7, 11) is -0.602. The predicted molar refractivity (Wildman–Crippen MR) is 83.3 cm³/mol. The third kappa shape index (κ3) is 6.87. The van der Waals surface area contributed by atoms with Crippen molar-refractivity contribution in [3.05, 3.63) is 24.3 Å². The molecule has 0 aliphatic carbocycles. The molecule has 0 aliphatic rings. The molecule has 0 bridgehead atoms. The zero-order chi connectivity index (χ0) is 15.0. The van der Waals surface area contributed by atoms with E-state index in [1.165, 1.54) is 19.2 Å². The van der Waals surface area contributed by atoms with Crippen molar-refractivity contribution in [3.8, 4) is 0 Å². The molecule has 0 saturated carbocycles. The highest BCUT2D eigenvalue weighted by molar-refractivity contribution is 7.89. The molecule has 120 valence electrons. The van der Waals surface area contributed by atoms with Crippen molar-refractivity contribution in [2.24, 2.45) is 0 Å². The average Bonchev–Trinajstić information content (AvgIpc) is 2.44. The van der Waals surface area contributed by atoms with E-state index in [2.05, 4.69) is 15.4 Å². The third-order valence-electron chi connectivity index (χ3n) is 2.47. The summed E-state index contributed by atoms with van der Waals surface area (Å²) in [4.78, 5) is 11.7. The van der Waals surface area contributed by atoms with Gasteiger partial charge in [0.1, 0.15) is 0 Å². The number of halogens is 1. The van der Waals surface area contributed by atoms with Crippen LogP contribution in [-0.4, -0.2) is 48.2 Å². The van der Waals surface area contributed by atoms with E-state index in [0.29, 0.717) is 18.8 Å². The second-order valence-electron chi connectivity index (χ2n) is 3.95.